The van der Waals surface area contributed by atoms with Crippen LogP contribution in [-0.4, -0.2) is 28.5 Å². The van der Waals surface area contributed by atoms with Gasteiger partial charge in [0.25, 0.3) is 0 Å². The van der Waals surface area contributed by atoms with Crippen molar-refractivity contribution in [3.8, 4) is 11.4 Å². The Balaban J connectivity index is 2.35. The Kier molecular flexibility index (Phi) is 5.02. The van der Waals surface area contributed by atoms with Gasteiger partial charge in [0.05, 0.1) is 0 Å². The van der Waals surface area contributed by atoms with Gasteiger partial charge in [-0.1, -0.05) is 6.92 Å². The number of aromatic nitrogens is 3. The molecule has 0 aliphatic rings. The van der Waals surface area contributed by atoms with Gasteiger partial charge in [-0.25, -0.2) is 9.97 Å². The summed E-state index contributed by atoms with van der Waals surface area (Å²) >= 11 is 0. The fourth-order valence-electron chi connectivity index (χ4n) is 2.62. The van der Waals surface area contributed by atoms with Crippen LogP contribution in [0.3, 0.4) is 0 Å². The number of pyridine rings is 1. The molecule has 2 aromatic rings. The molecule has 2 rings (SSSR count). The molecule has 0 amide bonds. The first-order valence-electron chi connectivity index (χ1n) is 7.42. The monoisotopic (exact) mass is 284 g/mol. The highest BCUT2D eigenvalue weighted by atomic mass is 14.9. The van der Waals surface area contributed by atoms with Crippen LogP contribution in [0.15, 0.2) is 18.5 Å². The topological polar surface area (TPSA) is 50.7 Å². The molecule has 0 bridgehead atoms. The quantitative estimate of drug-likeness (QED) is 0.917. The lowest BCUT2D eigenvalue weighted by atomic mass is 9.98. The van der Waals surface area contributed by atoms with Gasteiger partial charge in [0.1, 0.15) is 0 Å². The maximum absolute atomic E-state index is 4.71. The zero-order chi connectivity index (χ0) is 15.4. The summed E-state index contributed by atoms with van der Waals surface area (Å²) in [5.41, 5.74) is 5.58. The molecule has 0 aromatic carbocycles. The van der Waals surface area contributed by atoms with E-state index in [2.05, 4.69) is 38.0 Å². The molecule has 4 nitrogen and oxygen atoms in total. The molecule has 1 N–H and O–H groups in total. The van der Waals surface area contributed by atoms with Gasteiger partial charge in [-0.3, -0.25) is 4.98 Å². The van der Waals surface area contributed by atoms with Crippen LogP contribution >= 0.6 is 0 Å². The molecule has 4 heteroatoms. The molecule has 0 spiro atoms. The lowest BCUT2D eigenvalue weighted by Gasteiger charge is -2.15. The normalized spacial score (nSPS) is 12.4. The molecule has 0 saturated heterocycles. The Bertz CT molecular complexity index is 599. The summed E-state index contributed by atoms with van der Waals surface area (Å²) in [5.74, 6) is 1.35. The van der Waals surface area contributed by atoms with Gasteiger partial charge in [0, 0.05) is 29.3 Å². The Morgan fingerprint density at radius 2 is 1.81 bits per heavy atom. The summed E-state index contributed by atoms with van der Waals surface area (Å²) in [5, 5.41) is 3.22. The first-order chi connectivity index (χ1) is 10.0. The Morgan fingerprint density at radius 3 is 2.38 bits per heavy atom. The van der Waals surface area contributed by atoms with E-state index in [-0.39, 0.29) is 0 Å². The molecular formula is C17H24N4. The van der Waals surface area contributed by atoms with Gasteiger partial charge >= 0.3 is 0 Å². The van der Waals surface area contributed by atoms with Gasteiger partial charge in [-0.05, 0) is 63.9 Å². The largest absolute Gasteiger partial charge is 0.319 e. The average Bonchev–Trinajstić information content (AvgIpc) is 2.43. The molecule has 0 saturated carbocycles. The second-order valence-electron chi connectivity index (χ2n) is 5.75. The van der Waals surface area contributed by atoms with Gasteiger partial charge in [-0.2, -0.15) is 0 Å². The third-order valence-electron chi connectivity index (χ3n) is 3.81. The molecule has 21 heavy (non-hydrogen) atoms. The van der Waals surface area contributed by atoms with Crippen molar-refractivity contribution in [1.82, 2.24) is 20.3 Å². The zero-order valence-electron chi connectivity index (χ0n) is 13.6. The van der Waals surface area contributed by atoms with E-state index in [0.717, 1.165) is 41.3 Å². The molecule has 0 radical (unpaired) electrons. The molecule has 1 atom stereocenters. The third kappa shape index (κ3) is 3.64. The van der Waals surface area contributed by atoms with E-state index in [4.69, 9.17) is 9.97 Å². The minimum absolute atomic E-state index is 0.571. The summed E-state index contributed by atoms with van der Waals surface area (Å²) in [6, 6.07) is 1.99. The van der Waals surface area contributed by atoms with Crippen LogP contribution in [0, 0.1) is 26.7 Å². The molecular weight excluding hydrogens is 260 g/mol. The van der Waals surface area contributed by atoms with E-state index >= 15 is 0 Å². The van der Waals surface area contributed by atoms with E-state index in [1.54, 1.807) is 6.20 Å². The maximum atomic E-state index is 4.71. The second kappa shape index (κ2) is 6.76. The van der Waals surface area contributed by atoms with E-state index in [0.29, 0.717) is 5.92 Å². The van der Waals surface area contributed by atoms with Crippen molar-refractivity contribution in [3.05, 3.63) is 41.0 Å². The van der Waals surface area contributed by atoms with E-state index in [1.165, 1.54) is 5.56 Å². The van der Waals surface area contributed by atoms with Crippen molar-refractivity contribution >= 4 is 0 Å². The molecule has 0 fully saturated rings. The highest BCUT2D eigenvalue weighted by Gasteiger charge is 2.13. The predicted octanol–water partition coefficient (Wildman–Crippen LogP) is 2.86. The first kappa shape index (κ1) is 15.6. The van der Waals surface area contributed by atoms with Crippen LogP contribution < -0.4 is 5.32 Å². The minimum Gasteiger partial charge on any atom is -0.319 e. The molecule has 0 aliphatic carbocycles. The highest BCUT2D eigenvalue weighted by molar-refractivity contribution is 5.58. The summed E-state index contributed by atoms with van der Waals surface area (Å²) in [4.78, 5) is 13.6. The third-order valence-corrected chi connectivity index (χ3v) is 3.81. The fourth-order valence-corrected chi connectivity index (χ4v) is 2.62. The van der Waals surface area contributed by atoms with E-state index < -0.39 is 0 Å². The summed E-state index contributed by atoms with van der Waals surface area (Å²) in [6.45, 7) is 9.46. The van der Waals surface area contributed by atoms with Gasteiger partial charge in [0.15, 0.2) is 5.82 Å². The van der Waals surface area contributed by atoms with Crippen LogP contribution in [0.2, 0.25) is 0 Å². The van der Waals surface area contributed by atoms with Crippen molar-refractivity contribution in [2.45, 2.75) is 34.1 Å². The van der Waals surface area contributed by atoms with Crippen LogP contribution in [0.1, 0.15) is 29.4 Å². The maximum Gasteiger partial charge on any atom is 0.161 e. The summed E-state index contributed by atoms with van der Waals surface area (Å²) in [7, 11) is 1.99. The van der Waals surface area contributed by atoms with Crippen molar-refractivity contribution in [3.63, 3.8) is 0 Å². The van der Waals surface area contributed by atoms with Crippen LogP contribution in [0.5, 0.6) is 0 Å². The minimum atomic E-state index is 0.571. The number of hydrogen-bond acceptors (Lipinski definition) is 4. The van der Waals surface area contributed by atoms with Crippen molar-refractivity contribution in [2.24, 2.45) is 5.92 Å². The Labute approximate surface area is 127 Å². The molecule has 2 heterocycles. The molecule has 0 aliphatic heterocycles. The number of aryl methyl sites for hydroxylation is 3. The van der Waals surface area contributed by atoms with Crippen LogP contribution in [0.4, 0.5) is 0 Å². The van der Waals surface area contributed by atoms with Crippen molar-refractivity contribution < 1.29 is 0 Å². The first-order valence-corrected chi connectivity index (χ1v) is 7.42. The van der Waals surface area contributed by atoms with Crippen molar-refractivity contribution in [2.75, 3.05) is 13.6 Å². The number of nitrogens with one attached hydrogen (secondary N) is 1. The lowest BCUT2D eigenvalue weighted by Crippen LogP contribution is -2.19. The van der Waals surface area contributed by atoms with E-state index in [9.17, 15) is 0 Å². The SMILES string of the molecule is CNCC(C)Cc1c(C)nc(-c2cnccc2C)nc1C. The number of rotatable bonds is 5. The van der Waals surface area contributed by atoms with Gasteiger partial charge in [0.2, 0.25) is 0 Å². The zero-order valence-corrected chi connectivity index (χ0v) is 13.6. The predicted molar refractivity (Wildman–Crippen MR) is 86.3 cm³/mol. The van der Waals surface area contributed by atoms with Gasteiger partial charge < -0.3 is 5.32 Å². The second-order valence-corrected chi connectivity index (χ2v) is 5.75. The summed E-state index contributed by atoms with van der Waals surface area (Å²) in [6.07, 6.45) is 4.64. The van der Waals surface area contributed by atoms with Crippen LogP contribution in [0.25, 0.3) is 11.4 Å². The van der Waals surface area contributed by atoms with Crippen LogP contribution in [-0.2, 0) is 6.42 Å². The Morgan fingerprint density at radius 1 is 1.14 bits per heavy atom. The molecule has 1 unspecified atom stereocenters. The van der Waals surface area contributed by atoms with E-state index in [1.807, 2.05) is 19.3 Å². The smallest absolute Gasteiger partial charge is 0.161 e. The molecule has 112 valence electrons. The number of hydrogen-bond donors (Lipinski definition) is 1. The fraction of sp³-hybridized carbons (Fsp3) is 0.471. The number of nitrogens with zero attached hydrogens (tertiary/aromatic N) is 3. The van der Waals surface area contributed by atoms with Crippen molar-refractivity contribution in [1.29, 1.82) is 0 Å². The lowest BCUT2D eigenvalue weighted by molar-refractivity contribution is 0.537. The van der Waals surface area contributed by atoms with Gasteiger partial charge in [-0.15, -0.1) is 0 Å². The molecule has 2 aromatic heterocycles. The standard InChI is InChI=1S/C17H24N4/c1-11(9-18-5)8-15-13(3)20-17(21-14(15)4)16-10-19-7-6-12(16)2/h6-7,10-11,18H,8-9H2,1-5H3. The summed E-state index contributed by atoms with van der Waals surface area (Å²) < 4.78 is 0. The Hall–Kier alpha value is -1.81. The highest BCUT2D eigenvalue weighted by Crippen LogP contribution is 2.22. The average molecular weight is 284 g/mol.